The molecule has 0 atom stereocenters. The van der Waals surface area contributed by atoms with Crippen molar-refractivity contribution in [3.63, 3.8) is 0 Å². The minimum Gasteiger partial charge on any atom is -0.324 e. The quantitative estimate of drug-likeness (QED) is 0.889. The van der Waals surface area contributed by atoms with Crippen LogP contribution < -0.4 is 5.73 Å². The summed E-state index contributed by atoms with van der Waals surface area (Å²) in [6, 6.07) is 4.32. The average Bonchev–Trinajstić information content (AvgIpc) is 2.32. The number of hydrogen-bond acceptors (Lipinski definition) is 4. The van der Waals surface area contributed by atoms with Gasteiger partial charge in [0.15, 0.2) is 5.82 Å². The lowest BCUT2D eigenvalue weighted by Gasteiger charge is -2.04. The first-order chi connectivity index (χ1) is 8.10. The van der Waals surface area contributed by atoms with Crippen molar-refractivity contribution in [3.8, 4) is 11.4 Å². The van der Waals surface area contributed by atoms with Gasteiger partial charge < -0.3 is 5.73 Å². The van der Waals surface area contributed by atoms with Crippen LogP contribution in [0.3, 0.4) is 0 Å². The Hall–Kier alpha value is -1.59. The molecule has 6 heteroatoms. The summed E-state index contributed by atoms with van der Waals surface area (Å²) < 4.78 is 13.0. The fraction of sp³-hybridized carbons (Fsp3) is 0.182. The maximum absolute atomic E-state index is 13.0. The third kappa shape index (κ3) is 2.57. The second kappa shape index (κ2) is 4.73. The summed E-state index contributed by atoms with van der Waals surface area (Å²) in [5.74, 6) is 1.03. The highest BCUT2D eigenvalue weighted by Gasteiger charge is 2.08. The predicted octanol–water partition coefficient (Wildman–Crippen LogP) is 2.10. The Kier molecular flexibility index (Phi) is 3.31. The fourth-order valence-electron chi connectivity index (χ4n) is 1.39. The van der Waals surface area contributed by atoms with Crippen LogP contribution in [-0.2, 0) is 6.54 Å². The third-order valence-electron chi connectivity index (χ3n) is 2.15. The Labute approximate surface area is 103 Å². The summed E-state index contributed by atoms with van der Waals surface area (Å²) in [5.41, 5.74) is 6.12. The molecular formula is C11H10ClFN4. The zero-order chi connectivity index (χ0) is 12.4. The number of nitrogens with two attached hydrogens (primary N) is 1. The van der Waals surface area contributed by atoms with Crippen LogP contribution in [0.1, 0.15) is 11.6 Å². The van der Waals surface area contributed by atoms with E-state index in [1.165, 1.54) is 12.1 Å². The van der Waals surface area contributed by atoms with Gasteiger partial charge in [-0.25, -0.2) is 19.3 Å². The molecule has 0 bridgehead atoms. The zero-order valence-electron chi connectivity index (χ0n) is 9.11. The van der Waals surface area contributed by atoms with E-state index in [9.17, 15) is 4.39 Å². The van der Waals surface area contributed by atoms with Gasteiger partial charge in [0.1, 0.15) is 17.5 Å². The lowest BCUT2D eigenvalue weighted by atomic mass is 10.2. The highest BCUT2D eigenvalue weighted by molar-refractivity contribution is 6.31. The summed E-state index contributed by atoms with van der Waals surface area (Å²) in [4.78, 5) is 12.4. The van der Waals surface area contributed by atoms with Crippen molar-refractivity contribution in [2.75, 3.05) is 0 Å². The number of nitrogens with zero attached hydrogens (tertiary/aromatic N) is 3. The van der Waals surface area contributed by atoms with Crippen molar-refractivity contribution in [1.82, 2.24) is 15.0 Å². The van der Waals surface area contributed by atoms with E-state index < -0.39 is 5.82 Å². The number of hydrogen-bond donors (Lipinski definition) is 1. The second-order valence-corrected chi connectivity index (χ2v) is 3.86. The van der Waals surface area contributed by atoms with Gasteiger partial charge in [-0.1, -0.05) is 11.6 Å². The third-order valence-corrected chi connectivity index (χ3v) is 2.44. The number of rotatable bonds is 2. The van der Waals surface area contributed by atoms with Crippen molar-refractivity contribution < 1.29 is 4.39 Å². The molecule has 2 N–H and O–H groups in total. The predicted molar refractivity (Wildman–Crippen MR) is 62.9 cm³/mol. The Morgan fingerprint density at radius 1 is 1.29 bits per heavy atom. The number of aromatic nitrogens is 3. The van der Waals surface area contributed by atoms with Crippen LogP contribution in [0.4, 0.5) is 4.39 Å². The van der Waals surface area contributed by atoms with Gasteiger partial charge in [-0.15, -0.1) is 0 Å². The normalized spacial score (nSPS) is 10.6. The van der Waals surface area contributed by atoms with E-state index in [0.29, 0.717) is 23.0 Å². The molecule has 0 aliphatic heterocycles. The molecule has 0 spiro atoms. The minimum absolute atomic E-state index is 0.0369. The lowest BCUT2D eigenvalue weighted by molar-refractivity contribution is 0.628. The maximum atomic E-state index is 13.0. The van der Waals surface area contributed by atoms with E-state index in [1.807, 2.05) is 0 Å². The van der Waals surface area contributed by atoms with Crippen LogP contribution in [-0.4, -0.2) is 15.0 Å². The second-order valence-electron chi connectivity index (χ2n) is 3.46. The monoisotopic (exact) mass is 252 g/mol. The lowest BCUT2D eigenvalue weighted by Crippen LogP contribution is -2.07. The minimum atomic E-state index is -0.472. The molecule has 0 saturated heterocycles. The molecule has 0 unspecified atom stereocenters. The van der Waals surface area contributed by atoms with Gasteiger partial charge in [0.25, 0.3) is 0 Å². The first-order valence-electron chi connectivity index (χ1n) is 4.97. The molecule has 2 rings (SSSR count). The van der Waals surface area contributed by atoms with Crippen molar-refractivity contribution in [3.05, 3.63) is 40.7 Å². The standard InChI is InChI=1S/C11H10ClFN4/c1-6-15-10(5-14)17-11(16-6)7-2-3-9(13)8(12)4-7/h2-4H,5,14H2,1H3. The molecule has 2 aromatic rings. The number of halogens is 2. The van der Waals surface area contributed by atoms with E-state index in [-0.39, 0.29) is 11.6 Å². The van der Waals surface area contributed by atoms with Crippen molar-refractivity contribution in [1.29, 1.82) is 0 Å². The van der Waals surface area contributed by atoms with Crippen LogP contribution in [0.5, 0.6) is 0 Å². The van der Waals surface area contributed by atoms with Gasteiger partial charge in [-0.2, -0.15) is 0 Å². The van der Waals surface area contributed by atoms with Gasteiger partial charge in [0, 0.05) is 5.56 Å². The van der Waals surface area contributed by atoms with Gasteiger partial charge in [-0.05, 0) is 25.1 Å². The highest BCUT2D eigenvalue weighted by atomic mass is 35.5. The molecule has 0 aliphatic rings. The van der Waals surface area contributed by atoms with E-state index in [2.05, 4.69) is 15.0 Å². The molecule has 0 saturated carbocycles. The molecule has 0 amide bonds. The fourth-order valence-corrected chi connectivity index (χ4v) is 1.57. The Morgan fingerprint density at radius 2 is 2.06 bits per heavy atom. The van der Waals surface area contributed by atoms with Gasteiger partial charge in [-0.3, -0.25) is 0 Å². The van der Waals surface area contributed by atoms with Gasteiger partial charge in [0.2, 0.25) is 0 Å². The summed E-state index contributed by atoms with van der Waals surface area (Å²) in [5, 5.41) is 0.0369. The molecule has 0 fully saturated rings. The van der Waals surface area contributed by atoms with E-state index >= 15 is 0 Å². The molecule has 88 valence electrons. The topological polar surface area (TPSA) is 64.7 Å². The van der Waals surface area contributed by atoms with E-state index in [0.717, 1.165) is 0 Å². The molecule has 17 heavy (non-hydrogen) atoms. The molecule has 1 heterocycles. The van der Waals surface area contributed by atoms with Crippen LogP contribution in [0.2, 0.25) is 5.02 Å². The summed E-state index contributed by atoms with van der Waals surface area (Å²) in [6.07, 6.45) is 0. The molecule has 0 radical (unpaired) electrons. The van der Waals surface area contributed by atoms with Crippen LogP contribution in [0.25, 0.3) is 11.4 Å². The summed E-state index contributed by atoms with van der Waals surface area (Å²) in [7, 11) is 0. The van der Waals surface area contributed by atoms with E-state index in [1.54, 1.807) is 13.0 Å². The van der Waals surface area contributed by atoms with E-state index in [4.69, 9.17) is 17.3 Å². The summed E-state index contributed by atoms with van der Waals surface area (Å²) in [6.45, 7) is 1.97. The Bertz CT molecular complexity index is 559. The number of aryl methyl sites for hydroxylation is 1. The average molecular weight is 253 g/mol. The first-order valence-corrected chi connectivity index (χ1v) is 5.35. The van der Waals surface area contributed by atoms with Gasteiger partial charge >= 0.3 is 0 Å². The molecule has 0 aliphatic carbocycles. The molecule has 1 aromatic carbocycles. The smallest absolute Gasteiger partial charge is 0.163 e. The molecule has 1 aromatic heterocycles. The molecule has 4 nitrogen and oxygen atoms in total. The number of benzene rings is 1. The summed E-state index contributed by atoms with van der Waals surface area (Å²) >= 11 is 5.71. The van der Waals surface area contributed by atoms with Crippen LogP contribution in [0.15, 0.2) is 18.2 Å². The highest BCUT2D eigenvalue weighted by Crippen LogP contribution is 2.22. The van der Waals surface area contributed by atoms with Crippen molar-refractivity contribution in [2.24, 2.45) is 5.73 Å². The molecular weight excluding hydrogens is 243 g/mol. The van der Waals surface area contributed by atoms with Crippen molar-refractivity contribution >= 4 is 11.6 Å². The zero-order valence-corrected chi connectivity index (χ0v) is 9.87. The first kappa shape index (κ1) is 11.9. The largest absolute Gasteiger partial charge is 0.324 e. The van der Waals surface area contributed by atoms with Crippen molar-refractivity contribution in [2.45, 2.75) is 13.5 Å². The maximum Gasteiger partial charge on any atom is 0.163 e. The Balaban J connectivity index is 2.52. The Morgan fingerprint density at radius 3 is 2.71 bits per heavy atom. The van der Waals surface area contributed by atoms with Gasteiger partial charge in [0.05, 0.1) is 11.6 Å². The van der Waals surface area contributed by atoms with Crippen LogP contribution >= 0.6 is 11.6 Å². The van der Waals surface area contributed by atoms with Crippen LogP contribution in [0, 0.1) is 12.7 Å². The SMILES string of the molecule is Cc1nc(CN)nc(-c2ccc(F)c(Cl)c2)n1.